The smallest absolute Gasteiger partial charge is 0.00385 e. The average molecular weight is 240 g/mol. The van der Waals surface area contributed by atoms with E-state index in [2.05, 4.69) is 31.0 Å². The van der Waals surface area contributed by atoms with Crippen molar-refractivity contribution in [3.63, 3.8) is 0 Å². The number of nitrogens with zero attached hydrogens (tertiary/aromatic N) is 1. The summed E-state index contributed by atoms with van der Waals surface area (Å²) in [6.07, 6.45) is 8.27. The minimum atomic E-state index is 0.734. The van der Waals surface area contributed by atoms with Gasteiger partial charge in [0, 0.05) is 6.04 Å². The fraction of sp³-hybridized carbons (Fsp3) is 1.00. The van der Waals surface area contributed by atoms with Gasteiger partial charge in [0.05, 0.1) is 0 Å². The maximum absolute atomic E-state index is 3.64. The van der Waals surface area contributed by atoms with E-state index in [0.29, 0.717) is 0 Å². The fourth-order valence-corrected chi connectivity index (χ4v) is 2.66. The molecule has 102 valence electrons. The van der Waals surface area contributed by atoms with E-state index in [1.807, 2.05) is 0 Å². The number of hydrogen-bond acceptors (Lipinski definition) is 2. The highest BCUT2D eigenvalue weighted by molar-refractivity contribution is 4.75. The molecule has 1 fully saturated rings. The van der Waals surface area contributed by atoms with Crippen molar-refractivity contribution < 1.29 is 0 Å². The molecule has 1 N–H and O–H groups in total. The Morgan fingerprint density at radius 1 is 1.12 bits per heavy atom. The highest BCUT2D eigenvalue weighted by Gasteiger charge is 2.19. The molecule has 1 rings (SSSR count). The Morgan fingerprint density at radius 2 is 1.82 bits per heavy atom. The van der Waals surface area contributed by atoms with Gasteiger partial charge in [-0.2, -0.15) is 0 Å². The number of piperidine rings is 1. The van der Waals surface area contributed by atoms with Crippen LogP contribution < -0.4 is 5.32 Å². The molecule has 0 spiro atoms. The molecule has 17 heavy (non-hydrogen) atoms. The summed E-state index contributed by atoms with van der Waals surface area (Å²) in [7, 11) is 0. The Bertz CT molecular complexity index is 172. The van der Waals surface area contributed by atoms with Crippen LogP contribution in [-0.2, 0) is 0 Å². The lowest BCUT2D eigenvalue weighted by Crippen LogP contribution is -2.40. The molecular formula is C15H32N2. The van der Waals surface area contributed by atoms with E-state index in [-0.39, 0.29) is 0 Å². The molecule has 0 atom stereocenters. The highest BCUT2D eigenvalue weighted by Crippen LogP contribution is 2.17. The van der Waals surface area contributed by atoms with Crippen LogP contribution >= 0.6 is 0 Å². The van der Waals surface area contributed by atoms with Crippen LogP contribution in [0.4, 0.5) is 0 Å². The Kier molecular flexibility index (Phi) is 7.87. The van der Waals surface area contributed by atoms with Crippen LogP contribution in [0.15, 0.2) is 0 Å². The predicted octanol–water partition coefficient (Wildman–Crippen LogP) is 3.28. The van der Waals surface area contributed by atoms with Crippen molar-refractivity contribution in [2.45, 2.75) is 65.3 Å². The van der Waals surface area contributed by atoms with Crippen molar-refractivity contribution in [1.29, 1.82) is 0 Å². The molecule has 0 saturated carbocycles. The van der Waals surface area contributed by atoms with Crippen LogP contribution in [0.1, 0.15) is 59.3 Å². The second kappa shape index (κ2) is 8.93. The van der Waals surface area contributed by atoms with E-state index in [4.69, 9.17) is 0 Å². The van der Waals surface area contributed by atoms with Gasteiger partial charge in [-0.25, -0.2) is 0 Å². The Morgan fingerprint density at radius 3 is 2.41 bits per heavy atom. The molecule has 0 aromatic rings. The lowest BCUT2D eigenvalue weighted by molar-refractivity contribution is 0.148. The second-order valence-corrected chi connectivity index (χ2v) is 5.84. The number of rotatable bonds is 8. The van der Waals surface area contributed by atoms with Gasteiger partial charge in [0.25, 0.3) is 0 Å². The normalized spacial score (nSPS) is 19.1. The molecule has 1 aliphatic rings. The third-order valence-corrected chi connectivity index (χ3v) is 4.02. The van der Waals surface area contributed by atoms with Crippen LogP contribution in [0, 0.1) is 5.92 Å². The summed E-state index contributed by atoms with van der Waals surface area (Å²) in [5, 5.41) is 3.64. The molecule has 1 heterocycles. The van der Waals surface area contributed by atoms with E-state index in [1.165, 1.54) is 64.7 Å². The summed E-state index contributed by atoms with van der Waals surface area (Å²) in [6.45, 7) is 12.0. The quantitative estimate of drug-likeness (QED) is 0.655. The van der Waals surface area contributed by atoms with Gasteiger partial charge in [0.2, 0.25) is 0 Å². The fourth-order valence-electron chi connectivity index (χ4n) is 2.66. The molecule has 1 aliphatic heterocycles. The summed E-state index contributed by atoms with van der Waals surface area (Å²) in [6, 6.07) is 0.734. The molecule has 0 unspecified atom stereocenters. The molecule has 0 bridgehead atoms. The van der Waals surface area contributed by atoms with Crippen molar-refractivity contribution in [2.75, 3.05) is 26.2 Å². The summed E-state index contributed by atoms with van der Waals surface area (Å²) in [5.41, 5.74) is 0. The van der Waals surface area contributed by atoms with Crippen molar-refractivity contribution in [3.8, 4) is 0 Å². The number of likely N-dealkylation sites (tertiary alicyclic amines) is 1. The van der Waals surface area contributed by atoms with Crippen LogP contribution in [-0.4, -0.2) is 37.1 Å². The van der Waals surface area contributed by atoms with Crippen LogP contribution in [0.2, 0.25) is 0 Å². The first-order valence-corrected chi connectivity index (χ1v) is 7.68. The molecular weight excluding hydrogens is 208 g/mol. The van der Waals surface area contributed by atoms with Crippen molar-refractivity contribution in [3.05, 3.63) is 0 Å². The molecule has 0 amide bonds. The van der Waals surface area contributed by atoms with Crippen LogP contribution in [0.25, 0.3) is 0 Å². The summed E-state index contributed by atoms with van der Waals surface area (Å²) in [4.78, 5) is 2.61. The van der Waals surface area contributed by atoms with E-state index in [0.717, 1.165) is 12.0 Å². The summed E-state index contributed by atoms with van der Waals surface area (Å²) < 4.78 is 0. The van der Waals surface area contributed by atoms with E-state index in [9.17, 15) is 0 Å². The van der Waals surface area contributed by atoms with E-state index < -0.39 is 0 Å². The lowest BCUT2D eigenvalue weighted by atomic mass is 9.96. The maximum Gasteiger partial charge on any atom is 0.00385 e. The Balaban J connectivity index is 1.95. The van der Waals surface area contributed by atoms with E-state index in [1.54, 1.807) is 0 Å². The van der Waals surface area contributed by atoms with Crippen LogP contribution in [0.3, 0.4) is 0 Å². The lowest BCUT2D eigenvalue weighted by Gasteiger charge is -2.34. The van der Waals surface area contributed by atoms with Gasteiger partial charge < -0.3 is 10.2 Å². The monoisotopic (exact) mass is 240 g/mol. The van der Waals surface area contributed by atoms with Crippen molar-refractivity contribution in [2.24, 2.45) is 5.92 Å². The SMILES string of the molecule is CCCCCCNCC1CCN(C(C)C)CC1. The first-order chi connectivity index (χ1) is 8.24. The first-order valence-electron chi connectivity index (χ1n) is 7.68. The molecule has 0 aliphatic carbocycles. The molecule has 2 heteroatoms. The number of hydrogen-bond donors (Lipinski definition) is 1. The van der Waals surface area contributed by atoms with Gasteiger partial charge in [-0.15, -0.1) is 0 Å². The van der Waals surface area contributed by atoms with E-state index >= 15 is 0 Å². The van der Waals surface area contributed by atoms with Crippen LogP contribution in [0.5, 0.6) is 0 Å². The van der Waals surface area contributed by atoms with Gasteiger partial charge in [-0.05, 0) is 65.2 Å². The topological polar surface area (TPSA) is 15.3 Å². The van der Waals surface area contributed by atoms with Gasteiger partial charge in [-0.3, -0.25) is 0 Å². The molecule has 2 nitrogen and oxygen atoms in total. The van der Waals surface area contributed by atoms with Crippen molar-refractivity contribution in [1.82, 2.24) is 10.2 Å². The van der Waals surface area contributed by atoms with Crippen molar-refractivity contribution >= 4 is 0 Å². The summed E-state index contributed by atoms with van der Waals surface area (Å²) in [5.74, 6) is 0.927. The predicted molar refractivity (Wildman–Crippen MR) is 76.4 cm³/mol. The zero-order valence-corrected chi connectivity index (χ0v) is 12.2. The van der Waals surface area contributed by atoms with Gasteiger partial charge in [0.15, 0.2) is 0 Å². The number of nitrogens with one attached hydrogen (secondary N) is 1. The van der Waals surface area contributed by atoms with Gasteiger partial charge in [-0.1, -0.05) is 26.2 Å². The second-order valence-electron chi connectivity index (χ2n) is 5.84. The first kappa shape index (κ1) is 15.0. The zero-order chi connectivity index (χ0) is 12.5. The van der Waals surface area contributed by atoms with Gasteiger partial charge >= 0.3 is 0 Å². The Labute approximate surface area is 108 Å². The maximum atomic E-state index is 3.64. The third-order valence-electron chi connectivity index (χ3n) is 4.02. The average Bonchev–Trinajstić information content (AvgIpc) is 2.34. The molecule has 1 saturated heterocycles. The summed E-state index contributed by atoms with van der Waals surface area (Å²) >= 11 is 0. The minimum Gasteiger partial charge on any atom is -0.316 e. The largest absolute Gasteiger partial charge is 0.316 e. The molecule has 0 radical (unpaired) electrons. The van der Waals surface area contributed by atoms with Gasteiger partial charge in [0.1, 0.15) is 0 Å². The Hall–Kier alpha value is -0.0800. The zero-order valence-electron chi connectivity index (χ0n) is 12.2. The molecule has 0 aromatic heterocycles. The molecule has 0 aromatic carbocycles. The highest BCUT2D eigenvalue weighted by atomic mass is 15.1. The number of unbranched alkanes of at least 4 members (excludes halogenated alkanes) is 3. The third kappa shape index (κ3) is 6.42. The minimum absolute atomic E-state index is 0.734. The standard InChI is InChI=1S/C15H32N2/c1-4-5-6-7-10-16-13-15-8-11-17(12-9-15)14(2)3/h14-16H,4-13H2,1-3H3.